The highest BCUT2D eigenvalue weighted by Crippen LogP contribution is 2.40. The molecule has 0 amide bonds. The molecule has 0 spiro atoms. The summed E-state index contributed by atoms with van der Waals surface area (Å²) in [5.41, 5.74) is 0.238. The second kappa shape index (κ2) is 5.51. The number of rotatable bonds is 2. The SMILES string of the molecule is OCc1cc(N2CCC3(O)CCCCC3C2)ncc1Cl. The molecule has 3 rings (SSSR count). The molecular weight excluding hydrogens is 276 g/mol. The number of pyridine rings is 1. The number of halogens is 1. The first kappa shape index (κ1) is 14.1. The predicted molar refractivity (Wildman–Crippen MR) is 78.9 cm³/mol. The van der Waals surface area contributed by atoms with Crippen LogP contribution in [0.3, 0.4) is 0 Å². The lowest BCUT2D eigenvalue weighted by molar-refractivity contribution is -0.0613. The molecule has 2 heterocycles. The van der Waals surface area contributed by atoms with Crippen molar-refractivity contribution in [2.45, 2.75) is 44.3 Å². The summed E-state index contributed by atoms with van der Waals surface area (Å²) in [6, 6.07) is 1.86. The Labute approximate surface area is 124 Å². The zero-order valence-corrected chi connectivity index (χ0v) is 12.3. The van der Waals surface area contributed by atoms with Crippen molar-refractivity contribution in [1.29, 1.82) is 0 Å². The third-order valence-corrected chi connectivity index (χ3v) is 5.18. The summed E-state index contributed by atoms with van der Waals surface area (Å²) < 4.78 is 0. The summed E-state index contributed by atoms with van der Waals surface area (Å²) >= 11 is 5.99. The van der Waals surface area contributed by atoms with Crippen molar-refractivity contribution in [2.75, 3.05) is 18.0 Å². The maximum absolute atomic E-state index is 10.7. The molecule has 0 bridgehead atoms. The van der Waals surface area contributed by atoms with Crippen LogP contribution in [0, 0.1) is 5.92 Å². The van der Waals surface area contributed by atoms with Gasteiger partial charge in [-0.05, 0) is 25.3 Å². The number of aliphatic hydroxyl groups is 2. The zero-order valence-electron chi connectivity index (χ0n) is 11.6. The van der Waals surface area contributed by atoms with Crippen LogP contribution in [-0.2, 0) is 6.61 Å². The highest BCUT2D eigenvalue weighted by molar-refractivity contribution is 6.31. The first-order chi connectivity index (χ1) is 9.62. The summed E-state index contributed by atoms with van der Waals surface area (Å²) in [6.07, 6.45) is 6.77. The van der Waals surface area contributed by atoms with Crippen LogP contribution < -0.4 is 4.90 Å². The number of hydrogen-bond donors (Lipinski definition) is 2. The van der Waals surface area contributed by atoms with E-state index in [0.29, 0.717) is 16.5 Å². The van der Waals surface area contributed by atoms with Crippen molar-refractivity contribution < 1.29 is 10.2 Å². The Morgan fingerprint density at radius 1 is 1.40 bits per heavy atom. The minimum atomic E-state index is -0.471. The molecule has 4 nitrogen and oxygen atoms in total. The largest absolute Gasteiger partial charge is 0.392 e. The van der Waals surface area contributed by atoms with E-state index in [1.54, 1.807) is 6.20 Å². The lowest BCUT2D eigenvalue weighted by atomic mass is 9.71. The van der Waals surface area contributed by atoms with E-state index < -0.39 is 5.60 Å². The number of anilines is 1. The van der Waals surface area contributed by atoms with Gasteiger partial charge >= 0.3 is 0 Å². The van der Waals surface area contributed by atoms with E-state index in [-0.39, 0.29) is 6.61 Å². The van der Waals surface area contributed by atoms with Gasteiger partial charge in [0.25, 0.3) is 0 Å². The monoisotopic (exact) mass is 296 g/mol. The summed E-state index contributed by atoms with van der Waals surface area (Å²) in [5, 5.41) is 20.5. The van der Waals surface area contributed by atoms with Gasteiger partial charge in [-0.2, -0.15) is 0 Å². The lowest BCUT2D eigenvalue weighted by Gasteiger charge is -2.47. The van der Waals surface area contributed by atoms with E-state index in [1.165, 1.54) is 6.42 Å². The zero-order chi connectivity index (χ0) is 14.2. The van der Waals surface area contributed by atoms with Crippen LogP contribution in [0.2, 0.25) is 5.02 Å². The molecule has 20 heavy (non-hydrogen) atoms. The molecule has 1 aliphatic carbocycles. The molecular formula is C15H21ClN2O2. The van der Waals surface area contributed by atoms with E-state index >= 15 is 0 Å². The first-order valence-corrected chi connectivity index (χ1v) is 7.73. The Kier molecular flexibility index (Phi) is 3.89. The van der Waals surface area contributed by atoms with E-state index in [2.05, 4.69) is 9.88 Å². The molecule has 1 aromatic heterocycles. The van der Waals surface area contributed by atoms with Crippen LogP contribution in [0.15, 0.2) is 12.3 Å². The molecule has 2 unspecified atom stereocenters. The van der Waals surface area contributed by atoms with Gasteiger partial charge in [-0.15, -0.1) is 0 Å². The molecule has 2 N–H and O–H groups in total. The smallest absolute Gasteiger partial charge is 0.128 e. The summed E-state index contributed by atoms with van der Waals surface area (Å²) in [7, 11) is 0. The molecule has 5 heteroatoms. The van der Waals surface area contributed by atoms with Crippen LogP contribution in [0.4, 0.5) is 5.82 Å². The van der Waals surface area contributed by atoms with Crippen molar-refractivity contribution >= 4 is 17.4 Å². The van der Waals surface area contributed by atoms with Crippen molar-refractivity contribution in [3.05, 3.63) is 22.8 Å². The van der Waals surface area contributed by atoms with Crippen molar-refractivity contribution in [3.8, 4) is 0 Å². The summed E-state index contributed by atoms with van der Waals surface area (Å²) in [6.45, 7) is 1.58. The Morgan fingerprint density at radius 2 is 2.25 bits per heavy atom. The van der Waals surface area contributed by atoms with E-state index in [4.69, 9.17) is 11.6 Å². The molecule has 0 radical (unpaired) electrons. The molecule has 110 valence electrons. The minimum absolute atomic E-state index is 0.0738. The van der Waals surface area contributed by atoms with E-state index in [0.717, 1.165) is 44.6 Å². The van der Waals surface area contributed by atoms with Crippen LogP contribution in [0.25, 0.3) is 0 Å². The average molecular weight is 297 g/mol. The van der Waals surface area contributed by atoms with E-state index in [1.807, 2.05) is 6.07 Å². The molecule has 2 atom stereocenters. The fourth-order valence-electron chi connectivity index (χ4n) is 3.54. The second-order valence-electron chi connectivity index (χ2n) is 6.03. The summed E-state index contributed by atoms with van der Waals surface area (Å²) in [5.74, 6) is 1.19. The number of piperidine rings is 1. The van der Waals surface area contributed by atoms with Crippen LogP contribution in [0.1, 0.15) is 37.7 Å². The van der Waals surface area contributed by atoms with E-state index in [9.17, 15) is 10.2 Å². The maximum atomic E-state index is 10.7. The number of hydrogen-bond acceptors (Lipinski definition) is 4. The predicted octanol–water partition coefficient (Wildman–Crippen LogP) is 2.36. The standard InChI is InChI=1S/C15H21ClN2O2/c16-13-8-17-14(7-11(13)10-19)18-6-5-15(20)4-2-1-3-12(15)9-18/h7-8,12,19-20H,1-6,9-10H2. The molecule has 0 aromatic carbocycles. The normalized spacial score (nSPS) is 30.1. The topological polar surface area (TPSA) is 56.6 Å². The van der Waals surface area contributed by atoms with Crippen LogP contribution in [-0.4, -0.2) is 33.9 Å². The van der Waals surface area contributed by atoms with Gasteiger partial charge in [-0.3, -0.25) is 0 Å². The Hall–Kier alpha value is -0.840. The second-order valence-corrected chi connectivity index (χ2v) is 6.44. The van der Waals surface area contributed by atoms with Gasteiger partial charge in [0.2, 0.25) is 0 Å². The Bertz CT molecular complexity index is 497. The quantitative estimate of drug-likeness (QED) is 0.880. The van der Waals surface area contributed by atoms with Gasteiger partial charge in [0, 0.05) is 30.8 Å². The lowest BCUT2D eigenvalue weighted by Crippen LogP contribution is -2.53. The van der Waals surface area contributed by atoms with Crippen molar-refractivity contribution in [2.24, 2.45) is 5.92 Å². The van der Waals surface area contributed by atoms with Crippen molar-refractivity contribution in [1.82, 2.24) is 4.98 Å². The van der Waals surface area contributed by atoms with Gasteiger partial charge in [0.15, 0.2) is 0 Å². The highest BCUT2D eigenvalue weighted by Gasteiger charge is 2.42. The van der Waals surface area contributed by atoms with Crippen molar-refractivity contribution in [3.63, 3.8) is 0 Å². The van der Waals surface area contributed by atoms with Gasteiger partial charge in [0.05, 0.1) is 17.2 Å². The minimum Gasteiger partial charge on any atom is -0.392 e. The number of nitrogens with zero attached hydrogens (tertiary/aromatic N) is 2. The van der Waals surface area contributed by atoms with Crippen LogP contribution >= 0.6 is 11.6 Å². The van der Waals surface area contributed by atoms with Gasteiger partial charge in [0.1, 0.15) is 5.82 Å². The third-order valence-electron chi connectivity index (χ3n) is 4.84. The molecule has 1 aliphatic heterocycles. The fraction of sp³-hybridized carbons (Fsp3) is 0.667. The third kappa shape index (κ3) is 2.52. The molecule has 2 fully saturated rings. The number of aliphatic hydroxyl groups excluding tert-OH is 1. The number of aromatic nitrogens is 1. The van der Waals surface area contributed by atoms with Crippen LogP contribution in [0.5, 0.6) is 0 Å². The van der Waals surface area contributed by atoms with Gasteiger partial charge in [-0.25, -0.2) is 4.98 Å². The molecule has 1 saturated carbocycles. The average Bonchev–Trinajstić information content (AvgIpc) is 2.47. The Morgan fingerprint density at radius 3 is 3.05 bits per heavy atom. The molecule has 2 aliphatic rings. The highest BCUT2D eigenvalue weighted by atomic mass is 35.5. The Balaban J connectivity index is 1.79. The van der Waals surface area contributed by atoms with Gasteiger partial charge in [-0.1, -0.05) is 24.4 Å². The van der Waals surface area contributed by atoms with Gasteiger partial charge < -0.3 is 15.1 Å². The molecule has 1 saturated heterocycles. The fourth-order valence-corrected chi connectivity index (χ4v) is 3.70. The molecule has 1 aromatic rings. The first-order valence-electron chi connectivity index (χ1n) is 7.35. The number of fused-ring (bicyclic) bond motifs is 1. The summed E-state index contributed by atoms with van der Waals surface area (Å²) in [4.78, 5) is 6.58. The maximum Gasteiger partial charge on any atom is 0.128 e.